The third-order valence-electron chi connectivity index (χ3n) is 10.1. The van der Waals surface area contributed by atoms with Gasteiger partial charge >= 0.3 is 0 Å². The van der Waals surface area contributed by atoms with Gasteiger partial charge in [-0.1, -0.05) is 146 Å². The van der Waals surface area contributed by atoms with Crippen molar-refractivity contribution in [3.8, 4) is 67.2 Å². The summed E-state index contributed by atoms with van der Waals surface area (Å²) in [5.41, 5.74) is 14.5. The number of rotatable bonds is 6. The summed E-state index contributed by atoms with van der Waals surface area (Å²) in [6, 6.07) is 63.6. The average molecular weight is 689 g/mol. The summed E-state index contributed by atoms with van der Waals surface area (Å²) in [5.74, 6) is 0.674. The van der Waals surface area contributed by atoms with Crippen LogP contribution in [0.3, 0.4) is 0 Å². The van der Waals surface area contributed by atoms with Crippen molar-refractivity contribution in [3.05, 3.63) is 194 Å². The zero-order valence-corrected chi connectivity index (χ0v) is 29.3. The van der Waals surface area contributed by atoms with Crippen LogP contribution < -0.4 is 0 Å². The first-order valence-electron chi connectivity index (χ1n) is 18.1. The molecule has 0 N–H and O–H groups in total. The Morgan fingerprint density at radius 1 is 0.315 bits per heavy atom. The molecule has 252 valence electrons. The fraction of sp³-hybridized carbons (Fsp3) is 0. The maximum absolute atomic E-state index is 5.36. The van der Waals surface area contributed by atoms with E-state index in [2.05, 4.69) is 152 Å². The van der Waals surface area contributed by atoms with Gasteiger partial charge in [0.2, 0.25) is 0 Å². The standard InChI is InChI=1S/C50H32N4/c1-3-11-33(12-4-1)41-29-44(36-13-5-2-6-14-36)49-45(30-41)48(37-23-19-34(20-24-37)42-27-39-15-7-9-17-46(39)51-31-42)53-50(54-49)38-25-21-35(22-26-38)43-28-40-16-8-10-18-47(40)52-32-43/h1-32H. The van der Waals surface area contributed by atoms with Gasteiger partial charge in [-0.2, -0.15) is 0 Å². The molecule has 0 bridgehead atoms. The molecule has 0 saturated carbocycles. The SMILES string of the molecule is c1ccc(-c2cc(-c3ccccc3)c3nc(-c4ccc(-c5cnc6ccccc6c5)cc4)nc(-c4ccc(-c5cnc6ccccc6c5)cc4)c3c2)cc1. The Bertz CT molecular complexity index is 2960. The Kier molecular flexibility index (Phi) is 7.77. The highest BCUT2D eigenvalue weighted by Gasteiger charge is 2.18. The highest BCUT2D eigenvalue weighted by atomic mass is 14.9. The predicted octanol–water partition coefficient (Wildman–Crippen LogP) is 12.7. The second-order valence-corrected chi connectivity index (χ2v) is 13.5. The van der Waals surface area contributed by atoms with Crippen LogP contribution in [0.15, 0.2) is 194 Å². The van der Waals surface area contributed by atoms with Gasteiger partial charge in [-0.3, -0.25) is 9.97 Å². The number of hydrogen-bond acceptors (Lipinski definition) is 4. The molecule has 4 heteroatoms. The van der Waals surface area contributed by atoms with E-state index < -0.39 is 0 Å². The van der Waals surface area contributed by atoms with E-state index in [1.165, 1.54) is 0 Å². The molecule has 0 radical (unpaired) electrons. The van der Waals surface area contributed by atoms with Gasteiger partial charge in [0.05, 0.1) is 22.2 Å². The van der Waals surface area contributed by atoms with Gasteiger partial charge in [-0.15, -0.1) is 0 Å². The minimum atomic E-state index is 0.674. The number of para-hydroxylation sites is 2. The van der Waals surface area contributed by atoms with Crippen LogP contribution in [0.1, 0.15) is 0 Å². The molecule has 54 heavy (non-hydrogen) atoms. The van der Waals surface area contributed by atoms with E-state index in [1.807, 2.05) is 42.7 Å². The van der Waals surface area contributed by atoms with Crippen molar-refractivity contribution in [2.24, 2.45) is 0 Å². The normalized spacial score (nSPS) is 11.3. The Balaban J connectivity index is 1.15. The fourth-order valence-electron chi connectivity index (χ4n) is 7.31. The van der Waals surface area contributed by atoms with Gasteiger partial charge < -0.3 is 0 Å². The van der Waals surface area contributed by atoms with Crippen molar-refractivity contribution in [2.45, 2.75) is 0 Å². The first kappa shape index (κ1) is 31.4. The smallest absolute Gasteiger partial charge is 0.160 e. The van der Waals surface area contributed by atoms with Gasteiger partial charge in [-0.05, 0) is 64.2 Å². The Hall–Kier alpha value is -7.30. The molecule has 0 aliphatic rings. The van der Waals surface area contributed by atoms with Crippen molar-refractivity contribution in [1.29, 1.82) is 0 Å². The van der Waals surface area contributed by atoms with Crippen LogP contribution in [0.25, 0.3) is 99.9 Å². The molecular formula is C50H32N4. The minimum Gasteiger partial charge on any atom is -0.256 e. The van der Waals surface area contributed by atoms with Gasteiger partial charge in [0.15, 0.2) is 5.82 Å². The number of nitrogens with zero attached hydrogens (tertiary/aromatic N) is 4. The molecule has 3 heterocycles. The van der Waals surface area contributed by atoms with Gasteiger partial charge in [0.1, 0.15) is 0 Å². The average Bonchev–Trinajstić information content (AvgIpc) is 3.26. The number of benzene rings is 7. The molecule has 0 unspecified atom stereocenters. The summed E-state index contributed by atoms with van der Waals surface area (Å²) in [6.07, 6.45) is 3.89. The topological polar surface area (TPSA) is 51.6 Å². The maximum Gasteiger partial charge on any atom is 0.160 e. The summed E-state index contributed by atoms with van der Waals surface area (Å²) in [6.45, 7) is 0. The van der Waals surface area contributed by atoms with Crippen LogP contribution in [-0.2, 0) is 0 Å². The number of fused-ring (bicyclic) bond motifs is 3. The lowest BCUT2D eigenvalue weighted by Gasteiger charge is -2.16. The van der Waals surface area contributed by atoms with E-state index in [-0.39, 0.29) is 0 Å². The number of pyridine rings is 2. The molecule has 0 aliphatic carbocycles. The molecule has 0 amide bonds. The fourth-order valence-corrected chi connectivity index (χ4v) is 7.31. The molecule has 0 atom stereocenters. The van der Waals surface area contributed by atoms with E-state index in [4.69, 9.17) is 19.9 Å². The van der Waals surface area contributed by atoms with Crippen molar-refractivity contribution in [1.82, 2.24) is 19.9 Å². The molecule has 0 spiro atoms. The summed E-state index contributed by atoms with van der Waals surface area (Å²) in [5, 5.41) is 3.24. The monoisotopic (exact) mass is 688 g/mol. The molecule has 4 nitrogen and oxygen atoms in total. The van der Waals surface area contributed by atoms with Crippen LogP contribution in [-0.4, -0.2) is 19.9 Å². The quantitative estimate of drug-likeness (QED) is 0.174. The summed E-state index contributed by atoms with van der Waals surface area (Å²) < 4.78 is 0. The molecule has 10 rings (SSSR count). The van der Waals surface area contributed by atoms with E-state index in [1.54, 1.807) is 0 Å². The van der Waals surface area contributed by atoms with E-state index >= 15 is 0 Å². The number of hydrogen-bond donors (Lipinski definition) is 0. The Labute approximate surface area is 313 Å². The van der Waals surface area contributed by atoms with Crippen molar-refractivity contribution < 1.29 is 0 Å². The van der Waals surface area contributed by atoms with Crippen molar-refractivity contribution >= 4 is 32.7 Å². The van der Waals surface area contributed by atoms with Gasteiger partial charge in [-0.25, -0.2) is 9.97 Å². The zero-order valence-electron chi connectivity index (χ0n) is 29.3. The van der Waals surface area contributed by atoms with Crippen LogP contribution in [0.2, 0.25) is 0 Å². The second kappa shape index (κ2) is 13.4. The molecule has 0 saturated heterocycles. The highest BCUT2D eigenvalue weighted by molar-refractivity contribution is 6.04. The number of aromatic nitrogens is 4. The zero-order chi connectivity index (χ0) is 35.8. The molecule has 0 fully saturated rings. The predicted molar refractivity (Wildman–Crippen MR) is 223 cm³/mol. The summed E-state index contributed by atoms with van der Waals surface area (Å²) >= 11 is 0. The molecule has 10 aromatic rings. The summed E-state index contributed by atoms with van der Waals surface area (Å²) in [4.78, 5) is 20.1. The minimum absolute atomic E-state index is 0.674. The Morgan fingerprint density at radius 2 is 0.796 bits per heavy atom. The molecule has 3 aromatic heterocycles. The lowest BCUT2D eigenvalue weighted by atomic mass is 9.93. The van der Waals surface area contributed by atoms with Crippen LogP contribution >= 0.6 is 0 Å². The molecule has 7 aromatic carbocycles. The molecule has 0 aliphatic heterocycles. The largest absolute Gasteiger partial charge is 0.256 e. The maximum atomic E-state index is 5.36. The lowest BCUT2D eigenvalue weighted by molar-refractivity contribution is 1.23. The summed E-state index contributed by atoms with van der Waals surface area (Å²) in [7, 11) is 0. The first-order valence-corrected chi connectivity index (χ1v) is 18.1. The third-order valence-corrected chi connectivity index (χ3v) is 10.1. The molecular weight excluding hydrogens is 657 g/mol. The second-order valence-electron chi connectivity index (χ2n) is 13.5. The van der Waals surface area contributed by atoms with Gasteiger partial charge in [0, 0.05) is 56.4 Å². The highest BCUT2D eigenvalue weighted by Crippen LogP contribution is 2.39. The first-order chi connectivity index (χ1) is 26.7. The van der Waals surface area contributed by atoms with E-state index in [0.717, 1.165) is 94.0 Å². The third kappa shape index (κ3) is 5.86. The lowest BCUT2D eigenvalue weighted by Crippen LogP contribution is -1.98. The van der Waals surface area contributed by atoms with Crippen LogP contribution in [0.5, 0.6) is 0 Å². The Morgan fingerprint density at radius 3 is 1.39 bits per heavy atom. The van der Waals surface area contributed by atoms with Gasteiger partial charge in [0.25, 0.3) is 0 Å². The van der Waals surface area contributed by atoms with Crippen LogP contribution in [0, 0.1) is 0 Å². The van der Waals surface area contributed by atoms with E-state index in [0.29, 0.717) is 5.82 Å². The van der Waals surface area contributed by atoms with Crippen LogP contribution in [0.4, 0.5) is 0 Å². The van der Waals surface area contributed by atoms with E-state index in [9.17, 15) is 0 Å². The van der Waals surface area contributed by atoms with Crippen molar-refractivity contribution in [3.63, 3.8) is 0 Å². The van der Waals surface area contributed by atoms with Crippen molar-refractivity contribution in [2.75, 3.05) is 0 Å².